The zero-order chi connectivity index (χ0) is 16.8. The highest BCUT2D eigenvalue weighted by Gasteiger charge is 2.25. The minimum Gasteiger partial charge on any atom is -0.322 e. The Morgan fingerprint density at radius 2 is 1.50 bits per heavy atom. The van der Waals surface area contributed by atoms with E-state index in [1.807, 2.05) is 58.3 Å². The lowest BCUT2D eigenvalue weighted by molar-refractivity contribution is 0.147. The van der Waals surface area contributed by atoms with Crippen LogP contribution in [0.4, 0.5) is 10.5 Å². The fourth-order valence-electron chi connectivity index (χ4n) is 3.07. The lowest BCUT2D eigenvalue weighted by atomic mass is 10.2. The first-order chi connectivity index (χ1) is 11.8. The molecular weight excluding hydrogens is 298 g/mol. The highest BCUT2D eigenvalue weighted by atomic mass is 16.2. The van der Waals surface area contributed by atoms with Gasteiger partial charge in [-0.15, -0.1) is 0 Å². The average Bonchev–Trinajstić information content (AvgIpc) is 2.67. The Kier molecular flexibility index (Phi) is 5.49. The average molecular weight is 323 g/mol. The normalized spacial score (nSPS) is 15.3. The highest BCUT2D eigenvalue weighted by molar-refractivity contribution is 5.92. The van der Waals surface area contributed by atoms with Crippen molar-refractivity contribution in [2.75, 3.05) is 37.6 Å². The molecule has 0 saturated carbocycles. The van der Waals surface area contributed by atoms with Crippen molar-refractivity contribution in [2.45, 2.75) is 13.5 Å². The Hall–Kier alpha value is -2.33. The molecule has 126 valence electrons. The van der Waals surface area contributed by atoms with Gasteiger partial charge in [-0.25, -0.2) is 4.79 Å². The van der Waals surface area contributed by atoms with Gasteiger partial charge in [-0.3, -0.25) is 4.90 Å². The molecule has 2 aromatic rings. The van der Waals surface area contributed by atoms with Crippen molar-refractivity contribution < 1.29 is 4.79 Å². The third-order valence-corrected chi connectivity index (χ3v) is 4.57. The van der Waals surface area contributed by atoms with Crippen molar-refractivity contribution >= 4 is 11.7 Å². The predicted octanol–water partition coefficient (Wildman–Crippen LogP) is 3.45. The highest BCUT2D eigenvalue weighted by Crippen LogP contribution is 2.19. The van der Waals surface area contributed by atoms with Crippen molar-refractivity contribution in [1.29, 1.82) is 0 Å². The number of carbonyl (C=O) groups is 1. The van der Waals surface area contributed by atoms with E-state index in [9.17, 15) is 4.79 Å². The van der Waals surface area contributed by atoms with Crippen LogP contribution >= 0.6 is 0 Å². The van der Waals surface area contributed by atoms with Crippen LogP contribution in [0.5, 0.6) is 0 Å². The molecule has 0 spiro atoms. The lowest BCUT2D eigenvalue weighted by Gasteiger charge is -2.37. The molecule has 4 nitrogen and oxygen atoms in total. The number of hydrogen-bond donors (Lipinski definition) is 0. The van der Waals surface area contributed by atoms with Crippen LogP contribution in [0.2, 0.25) is 0 Å². The number of hydrogen-bond acceptors (Lipinski definition) is 2. The van der Waals surface area contributed by atoms with Crippen molar-refractivity contribution in [3.63, 3.8) is 0 Å². The molecule has 0 radical (unpaired) electrons. The molecule has 1 heterocycles. The molecule has 2 amide bonds. The van der Waals surface area contributed by atoms with Gasteiger partial charge in [-0.1, -0.05) is 55.5 Å². The summed E-state index contributed by atoms with van der Waals surface area (Å²) in [5.74, 6) is 0. The number of benzene rings is 2. The second-order valence-electron chi connectivity index (χ2n) is 6.11. The summed E-state index contributed by atoms with van der Waals surface area (Å²) >= 11 is 0. The third-order valence-electron chi connectivity index (χ3n) is 4.57. The number of anilines is 1. The third kappa shape index (κ3) is 3.95. The monoisotopic (exact) mass is 323 g/mol. The molecule has 1 fully saturated rings. The molecule has 2 aromatic carbocycles. The summed E-state index contributed by atoms with van der Waals surface area (Å²) in [7, 11) is 0. The Morgan fingerprint density at radius 1 is 0.917 bits per heavy atom. The number of piperazine rings is 1. The molecule has 0 N–H and O–H groups in total. The molecule has 3 rings (SSSR count). The van der Waals surface area contributed by atoms with Gasteiger partial charge in [0.05, 0.1) is 6.54 Å². The number of likely N-dealkylation sites (N-methyl/N-ethyl adjacent to an activating group) is 1. The van der Waals surface area contributed by atoms with Crippen molar-refractivity contribution in [3.8, 4) is 0 Å². The number of para-hydroxylation sites is 1. The van der Waals surface area contributed by atoms with E-state index in [-0.39, 0.29) is 6.03 Å². The topological polar surface area (TPSA) is 26.8 Å². The molecule has 4 heteroatoms. The molecule has 1 saturated heterocycles. The Morgan fingerprint density at radius 3 is 2.08 bits per heavy atom. The Bertz CT molecular complexity index is 636. The predicted molar refractivity (Wildman–Crippen MR) is 98.2 cm³/mol. The molecule has 0 aromatic heterocycles. The van der Waals surface area contributed by atoms with E-state index in [4.69, 9.17) is 0 Å². The van der Waals surface area contributed by atoms with Crippen LogP contribution in [0.15, 0.2) is 60.7 Å². The molecule has 0 atom stereocenters. The van der Waals surface area contributed by atoms with E-state index in [2.05, 4.69) is 24.0 Å². The fourth-order valence-corrected chi connectivity index (χ4v) is 3.07. The summed E-state index contributed by atoms with van der Waals surface area (Å²) in [6, 6.07) is 20.2. The van der Waals surface area contributed by atoms with Gasteiger partial charge in [0.2, 0.25) is 0 Å². The molecule has 0 aliphatic carbocycles. The van der Waals surface area contributed by atoms with Gasteiger partial charge in [0.1, 0.15) is 0 Å². The fraction of sp³-hybridized carbons (Fsp3) is 0.350. The number of urea groups is 1. The van der Waals surface area contributed by atoms with Gasteiger partial charge < -0.3 is 9.80 Å². The van der Waals surface area contributed by atoms with Gasteiger partial charge in [0.15, 0.2) is 0 Å². The second-order valence-corrected chi connectivity index (χ2v) is 6.11. The standard InChI is InChI=1S/C20H25N3O/c1-2-21-13-15-22(16-14-21)20(24)23(19-11-7-4-8-12-19)17-18-9-5-3-6-10-18/h3-12H,2,13-17H2,1H3. The van der Waals surface area contributed by atoms with E-state index in [0.717, 1.165) is 44.0 Å². The van der Waals surface area contributed by atoms with Crippen LogP contribution < -0.4 is 4.90 Å². The molecular formula is C20H25N3O. The zero-order valence-corrected chi connectivity index (χ0v) is 14.3. The summed E-state index contributed by atoms with van der Waals surface area (Å²) in [6.45, 7) is 7.32. The first-order valence-electron chi connectivity index (χ1n) is 8.65. The number of carbonyl (C=O) groups excluding carboxylic acids is 1. The molecule has 0 unspecified atom stereocenters. The van der Waals surface area contributed by atoms with Crippen LogP contribution in [0.3, 0.4) is 0 Å². The van der Waals surface area contributed by atoms with Gasteiger partial charge >= 0.3 is 6.03 Å². The van der Waals surface area contributed by atoms with Crippen molar-refractivity contribution in [2.24, 2.45) is 0 Å². The summed E-state index contributed by atoms with van der Waals surface area (Å²) < 4.78 is 0. The first kappa shape index (κ1) is 16.5. The summed E-state index contributed by atoms with van der Waals surface area (Å²) in [5.41, 5.74) is 2.09. The minimum absolute atomic E-state index is 0.0980. The molecule has 24 heavy (non-hydrogen) atoms. The zero-order valence-electron chi connectivity index (χ0n) is 14.3. The summed E-state index contributed by atoms with van der Waals surface area (Å²) in [4.78, 5) is 19.4. The maximum Gasteiger partial charge on any atom is 0.324 e. The minimum atomic E-state index is 0.0980. The van der Waals surface area contributed by atoms with Crippen LogP contribution in [0, 0.1) is 0 Å². The van der Waals surface area contributed by atoms with E-state index in [0.29, 0.717) is 6.54 Å². The lowest BCUT2D eigenvalue weighted by Crippen LogP contribution is -2.52. The van der Waals surface area contributed by atoms with E-state index < -0.39 is 0 Å². The largest absolute Gasteiger partial charge is 0.324 e. The smallest absolute Gasteiger partial charge is 0.322 e. The van der Waals surface area contributed by atoms with Crippen molar-refractivity contribution in [3.05, 3.63) is 66.2 Å². The molecule has 0 bridgehead atoms. The quantitative estimate of drug-likeness (QED) is 0.861. The van der Waals surface area contributed by atoms with Gasteiger partial charge in [-0.05, 0) is 24.2 Å². The molecule has 1 aliphatic heterocycles. The van der Waals surface area contributed by atoms with Gasteiger partial charge in [0.25, 0.3) is 0 Å². The van der Waals surface area contributed by atoms with Crippen LogP contribution in [-0.4, -0.2) is 48.6 Å². The van der Waals surface area contributed by atoms with E-state index in [1.165, 1.54) is 0 Å². The molecule has 1 aliphatic rings. The van der Waals surface area contributed by atoms with E-state index in [1.54, 1.807) is 0 Å². The number of amides is 2. The number of rotatable bonds is 4. The Labute approximate surface area is 144 Å². The Balaban J connectivity index is 1.78. The van der Waals surface area contributed by atoms with Crippen LogP contribution in [-0.2, 0) is 6.54 Å². The first-order valence-corrected chi connectivity index (χ1v) is 8.65. The maximum absolute atomic E-state index is 13.1. The summed E-state index contributed by atoms with van der Waals surface area (Å²) in [6.07, 6.45) is 0. The van der Waals surface area contributed by atoms with Crippen LogP contribution in [0.25, 0.3) is 0 Å². The van der Waals surface area contributed by atoms with Crippen LogP contribution in [0.1, 0.15) is 12.5 Å². The SMILES string of the molecule is CCN1CCN(C(=O)N(Cc2ccccc2)c2ccccc2)CC1. The second kappa shape index (κ2) is 7.97. The van der Waals surface area contributed by atoms with Gasteiger partial charge in [-0.2, -0.15) is 0 Å². The van der Waals surface area contributed by atoms with E-state index >= 15 is 0 Å². The maximum atomic E-state index is 13.1. The van der Waals surface area contributed by atoms with Gasteiger partial charge in [0, 0.05) is 31.9 Å². The summed E-state index contributed by atoms with van der Waals surface area (Å²) in [5, 5.41) is 0. The van der Waals surface area contributed by atoms with Crippen molar-refractivity contribution in [1.82, 2.24) is 9.80 Å². The number of nitrogens with zero attached hydrogens (tertiary/aromatic N) is 3.